The minimum Gasteiger partial charge on any atom is -0.495 e. The zero-order chi connectivity index (χ0) is 20.1. The van der Waals surface area contributed by atoms with Crippen molar-refractivity contribution in [2.75, 3.05) is 12.4 Å². The van der Waals surface area contributed by atoms with Crippen molar-refractivity contribution in [1.29, 1.82) is 0 Å². The molecule has 5 nitrogen and oxygen atoms in total. The van der Waals surface area contributed by atoms with Gasteiger partial charge in [-0.15, -0.1) is 0 Å². The number of anilines is 1. The Morgan fingerprint density at radius 2 is 1.79 bits per heavy atom. The molecular weight excluding hydrogens is 378 g/mol. The number of rotatable bonds is 6. The van der Waals surface area contributed by atoms with E-state index in [1.165, 1.54) is 14.0 Å². The van der Waals surface area contributed by atoms with Crippen LogP contribution in [0.3, 0.4) is 0 Å². The molecule has 0 aromatic heterocycles. The van der Waals surface area contributed by atoms with Crippen molar-refractivity contribution in [1.82, 2.24) is 0 Å². The molecule has 1 atom stereocenters. The molecule has 0 heterocycles. The van der Waals surface area contributed by atoms with Crippen LogP contribution in [-0.4, -0.2) is 25.1 Å². The van der Waals surface area contributed by atoms with E-state index in [0.717, 1.165) is 16.3 Å². The standard InChI is InChI=1S/C22H20ClNO4/c1-14(22(26)24-18-9-10-20(27-2)19(23)13-18)28-21(25)12-15-7-8-16-5-3-4-6-17(16)11-15/h3-11,13-14H,12H2,1-2H3,(H,24,26)/t14-/m0/s1. The lowest BCUT2D eigenvalue weighted by Crippen LogP contribution is -2.30. The van der Waals surface area contributed by atoms with Crippen LogP contribution in [0.25, 0.3) is 10.8 Å². The van der Waals surface area contributed by atoms with E-state index in [0.29, 0.717) is 16.5 Å². The van der Waals surface area contributed by atoms with Crippen molar-refractivity contribution >= 4 is 39.9 Å². The molecule has 0 aliphatic rings. The zero-order valence-electron chi connectivity index (χ0n) is 15.6. The fraction of sp³-hybridized carbons (Fsp3) is 0.182. The van der Waals surface area contributed by atoms with Crippen LogP contribution in [0, 0.1) is 0 Å². The number of halogens is 1. The molecule has 0 aliphatic carbocycles. The van der Waals surface area contributed by atoms with Crippen LogP contribution < -0.4 is 10.1 Å². The van der Waals surface area contributed by atoms with Gasteiger partial charge in [0.25, 0.3) is 5.91 Å². The quantitative estimate of drug-likeness (QED) is 0.616. The summed E-state index contributed by atoms with van der Waals surface area (Å²) in [5.74, 6) is -0.395. The Hall–Kier alpha value is -3.05. The summed E-state index contributed by atoms with van der Waals surface area (Å²) in [5, 5.41) is 5.20. The first-order valence-corrected chi connectivity index (χ1v) is 9.15. The molecule has 28 heavy (non-hydrogen) atoms. The largest absolute Gasteiger partial charge is 0.495 e. The predicted molar refractivity (Wildman–Crippen MR) is 110 cm³/mol. The Labute approximate surface area is 168 Å². The second kappa shape index (κ2) is 8.76. The molecule has 1 N–H and O–H groups in total. The van der Waals surface area contributed by atoms with Gasteiger partial charge in [0.2, 0.25) is 0 Å². The summed E-state index contributed by atoms with van der Waals surface area (Å²) in [6, 6.07) is 18.6. The minimum atomic E-state index is -0.936. The van der Waals surface area contributed by atoms with Gasteiger partial charge in [-0.25, -0.2) is 0 Å². The van der Waals surface area contributed by atoms with Crippen molar-refractivity contribution in [2.45, 2.75) is 19.4 Å². The normalized spacial score (nSPS) is 11.7. The van der Waals surface area contributed by atoms with Crippen molar-refractivity contribution in [3.8, 4) is 5.75 Å². The van der Waals surface area contributed by atoms with E-state index in [-0.39, 0.29) is 6.42 Å². The molecule has 6 heteroatoms. The van der Waals surface area contributed by atoms with Crippen LogP contribution in [-0.2, 0) is 20.7 Å². The Bertz CT molecular complexity index is 1020. The molecule has 0 saturated heterocycles. The summed E-state index contributed by atoms with van der Waals surface area (Å²) in [7, 11) is 1.51. The fourth-order valence-corrected chi connectivity index (χ4v) is 3.05. The number of carbonyl (C=O) groups excluding carboxylic acids is 2. The maximum atomic E-state index is 12.3. The van der Waals surface area contributed by atoms with E-state index in [2.05, 4.69) is 5.32 Å². The van der Waals surface area contributed by atoms with E-state index in [1.54, 1.807) is 18.2 Å². The van der Waals surface area contributed by atoms with Crippen molar-refractivity contribution < 1.29 is 19.1 Å². The second-order valence-electron chi connectivity index (χ2n) is 6.33. The Morgan fingerprint density at radius 3 is 2.50 bits per heavy atom. The summed E-state index contributed by atoms with van der Waals surface area (Å²) in [6.45, 7) is 1.53. The number of amides is 1. The van der Waals surface area contributed by atoms with Crippen LogP contribution in [0.5, 0.6) is 5.75 Å². The minimum absolute atomic E-state index is 0.0941. The molecule has 0 bridgehead atoms. The molecule has 3 aromatic carbocycles. The highest BCUT2D eigenvalue weighted by molar-refractivity contribution is 6.32. The SMILES string of the molecule is COc1ccc(NC(=O)[C@H](C)OC(=O)Cc2ccc3ccccc3c2)cc1Cl. The average molecular weight is 398 g/mol. The molecule has 0 spiro atoms. The van der Waals surface area contributed by atoms with Crippen LogP contribution in [0.4, 0.5) is 5.69 Å². The molecule has 3 rings (SSSR count). The van der Waals surface area contributed by atoms with Gasteiger partial charge in [-0.2, -0.15) is 0 Å². The number of fused-ring (bicyclic) bond motifs is 1. The highest BCUT2D eigenvalue weighted by atomic mass is 35.5. The lowest BCUT2D eigenvalue weighted by atomic mass is 10.1. The number of esters is 1. The Kier molecular flexibility index (Phi) is 6.16. The maximum absolute atomic E-state index is 12.3. The summed E-state index contributed by atoms with van der Waals surface area (Å²) in [6.07, 6.45) is -0.842. The van der Waals surface area contributed by atoms with Gasteiger partial charge >= 0.3 is 5.97 Å². The number of methoxy groups -OCH3 is 1. The molecule has 0 radical (unpaired) electrons. The number of hydrogen-bond donors (Lipinski definition) is 1. The van der Waals surface area contributed by atoms with Gasteiger partial charge < -0.3 is 14.8 Å². The first kappa shape index (κ1) is 19.7. The zero-order valence-corrected chi connectivity index (χ0v) is 16.3. The van der Waals surface area contributed by atoms with Crippen molar-refractivity contribution in [3.05, 3.63) is 71.2 Å². The summed E-state index contributed by atoms with van der Waals surface area (Å²) in [4.78, 5) is 24.5. The van der Waals surface area contributed by atoms with Crippen molar-refractivity contribution in [2.24, 2.45) is 0 Å². The number of benzene rings is 3. The number of carbonyl (C=O) groups is 2. The second-order valence-corrected chi connectivity index (χ2v) is 6.74. The van der Waals surface area contributed by atoms with Crippen LogP contribution >= 0.6 is 11.6 Å². The maximum Gasteiger partial charge on any atom is 0.311 e. The van der Waals surface area contributed by atoms with Gasteiger partial charge in [0.15, 0.2) is 6.10 Å². The van der Waals surface area contributed by atoms with E-state index in [9.17, 15) is 9.59 Å². The highest BCUT2D eigenvalue weighted by Crippen LogP contribution is 2.27. The van der Waals surface area contributed by atoms with Gasteiger partial charge in [-0.05, 0) is 41.5 Å². The number of ether oxygens (including phenoxy) is 2. The monoisotopic (exact) mass is 397 g/mol. The molecule has 3 aromatic rings. The summed E-state index contributed by atoms with van der Waals surface area (Å²) < 4.78 is 10.3. The van der Waals surface area contributed by atoms with Gasteiger partial charge in [-0.1, -0.05) is 54.1 Å². The lowest BCUT2D eigenvalue weighted by molar-refractivity contribution is -0.152. The van der Waals surface area contributed by atoms with E-state index < -0.39 is 18.0 Å². The van der Waals surface area contributed by atoms with E-state index >= 15 is 0 Å². The van der Waals surface area contributed by atoms with Gasteiger partial charge in [-0.3, -0.25) is 9.59 Å². The Morgan fingerprint density at radius 1 is 1.04 bits per heavy atom. The molecule has 144 valence electrons. The first-order chi connectivity index (χ1) is 13.5. The topological polar surface area (TPSA) is 64.6 Å². The smallest absolute Gasteiger partial charge is 0.311 e. The van der Waals surface area contributed by atoms with Gasteiger partial charge in [0.05, 0.1) is 18.6 Å². The molecular formula is C22H20ClNO4. The fourth-order valence-electron chi connectivity index (χ4n) is 2.80. The van der Waals surface area contributed by atoms with E-state index in [4.69, 9.17) is 21.1 Å². The molecule has 0 saturated carbocycles. The van der Waals surface area contributed by atoms with Crippen LogP contribution in [0.2, 0.25) is 5.02 Å². The lowest BCUT2D eigenvalue weighted by Gasteiger charge is -2.14. The summed E-state index contributed by atoms with van der Waals surface area (Å²) in [5.41, 5.74) is 1.33. The van der Waals surface area contributed by atoms with Gasteiger partial charge in [0, 0.05) is 5.69 Å². The molecule has 0 unspecified atom stereocenters. The van der Waals surface area contributed by atoms with Crippen LogP contribution in [0.15, 0.2) is 60.7 Å². The third-order valence-electron chi connectivity index (χ3n) is 4.26. The molecule has 0 aliphatic heterocycles. The number of hydrogen-bond acceptors (Lipinski definition) is 4. The predicted octanol–water partition coefficient (Wildman–Crippen LogP) is 4.61. The van der Waals surface area contributed by atoms with E-state index in [1.807, 2.05) is 42.5 Å². The van der Waals surface area contributed by atoms with Gasteiger partial charge in [0.1, 0.15) is 5.75 Å². The summed E-state index contributed by atoms with van der Waals surface area (Å²) >= 11 is 6.05. The third-order valence-corrected chi connectivity index (χ3v) is 4.55. The van der Waals surface area contributed by atoms with Crippen LogP contribution in [0.1, 0.15) is 12.5 Å². The first-order valence-electron chi connectivity index (χ1n) is 8.78. The Balaban J connectivity index is 1.58. The molecule has 0 fully saturated rings. The number of nitrogens with one attached hydrogen (secondary N) is 1. The third kappa shape index (κ3) is 4.81. The van der Waals surface area contributed by atoms with Crippen molar-refractivity contribution in [3.63, 3.8) is 0 Å². The molecule has 1 amide bonds. The average Bonchev–Trinajstić information content (AvgIpc) is 2.68. The highest BCUT2D eigenvalue weighted by Gasteiger charge is 2.18.